The predicted molar refractivity (Wildman–Crippen MR) is 272 cm³/mol. The molecule has 2 bridgehead atoms. The lowest BCUT2D eigenvalue weighted by atomic mass is 9.78. The molecule has 24 heteroatoms. The molecule has 77 heavy (non-hydrogen) atoms. The molecule has 3 aromatic rings. The van der Waals surface area contributed by atoms with Crippen molar-refractivity contribution in [2.24, 2.45) is 33.2 Å². The molecule has 0 saturated carbocycles. The van der Waals surface area contributed by atoms with Gasteiger partial charge in [-0.2, -0.15) is 22.0 Å². The second-order valence-corrected chi connectivity index (χ2v) is 20.5. The number of alkyl halides is 5. The molecule has 420 valence electrons. The zero-order valence-electron chi connectivity index (χ0n) is 43.7. The van der Waals surface area contributed by atoms with E-state index in [0.717, 1.165) is 71.3 Å². The Morgan fingerprint density at radius 1 is 0.909 bits per heavy atom. The number of pyridine rings is 1. The third kappa shape index (κ3) is 16.6. The number of carbonyl (C=O) groups excluding carboxylic acids is 4. The van der Waals surface area contributed by atoms with E-state index in [0.29, 0.717) is 41.0 Å². The first kappa shape index (κ1) is 61.0. The highest BCUT2D eigenvalue weighted by molar-refractivity contribution is 5.87. The number of aromatic nitrogens is 1. The number of anilines is 1. The lowest BCUT2D eigenvalue weighted by Crippen LogP contribution is -2.74. The van der Waals surface area contributed by atoms with Crippen LogP contribution in [0.15, 0.2) is 65.8 Å². The summed E-state index contributed by atoms with van der Waals surface area (Å²) >= 11 is 0. The molecule has 4 aliphatic rings. The minimum Gasteiger partial charge on any atom is -0.469 e. The molecule has 4 saturated heterocycles. The maximum atomic E-state index is 15.0. The Kier molecular flexibility index (Phi) is 21.0. The van der Waals surface area contributed by atoms with Gasteiger partial charge in [0.15, 0.2) is 0 Å². The number of allylic oxidation sites excluding steroid dienone is 1. The van der Waals surface area contributed by atoms with Gasteiger partial charge in [-0.15, -0.1) is 0 Å². The van der Waals surface area contributed by atoms with Crippen molar-refractivity contribution in [2.45, 2.75) is 109 Å². The summed E-state index contributed by atoms with van der Waals surface area (Å²) in [7, 11) is 2.21. The number of rotatable bonds is 19. The minimum atomic E-state index is -4.98. The van der Waals surface area contributed by atoms with E-state index in [2.05, 4.69) is 51.7 Å². The van der Waals surface area contributed by atoms with Crippen molar-refractivity contribution < 1.29 is 69.2 Å². The summed E-state index contributed by atoms with van der Waals surface area (Å²) in [5, 5.41) is 18.4. The van der Waals surface area contributed by atoms with Gasteiger partial charge >= 0.3 is 24.8 Å². The Morgan fingerprint density at radius 2 is 1.52 bits per heavy atom. The zero-order chi connectivity index (χ0) is 57.0. The Bertz CT molecular complexity index is 2620. The molecule has 6 atom stereocenters. The number of methoxy groups -OCH3 is 2. The average molecular weight is 1090 g/mol. The molecule has 5 heterocycles. The largest absolute Gasteiger partial charge is 0.469 e. The number of nitrogens with two attached hydrogens (primary N) is 2. The summed E-state index contributed by atoms with van der Waals surface area (Å²) in [5.41, 5.74) is 8.74. The van der Waals surface area contributed by atoms with Crippen LogP contribution in [0.3, 0.4) is 0 Å². The Morgan fingerprint density at radius 3 is 2.03 bits per heavy atom. The molecule has 4 aliphatic heterocycles. The van der Waals surface area contributed by atoms with Gasteiger partial charge in [-0.05, 0) is 80.1 Å². The van der Waals surface area contributed by atoms with Crippen LogP contribution >= 0.6 is 0 Å². The van der Waals surface area contributed by atoms with Crippen LogP contribution in [-0.2, 0) is 41.6 Å². The summed E-state index contributed by atoms with van der Waals surface area (Å²) in [6.07, 6.45) is -3.42. The van der Waals surface area contributed by atoms with E-state index < -0.39 is 96.4 Å². The Labute approximate surface area is 442 Å². The smallest absolute Gasteiger partial charge is 0.407 e. The number of piperidine rings is 1. The first-order valence-corrected chi connectivity index (χ1v) is 24.5. The van der Waals surface area contributed by atoms with Crippen LogP contribution in [0.2, 0.25) is 0 Å². The van der Waals surface area contributed by atoms with Crippen molar-refractivity contribution in [1.82, 2.24) is 25.8 Å². The number of fused-ring (bicyclic) bond motifs is 2. The van der Waals surface area contributed by atoms with Gasteiger partial charge in [0.1, 0.15) is 23.5 Å². The molecule has 2 aromatic carbocycles. The quantitative estimate of drug-likeness (QED) is 0.0298. The van der Waals surface area contributed by atoms with Crippen LogP contribution in [0.4, 0.5) is 41.3 Å². The molecule has 0 spiro atoms. The number of aliphatic hydroxyl groups excluding tert-OH is 1. The summed E-state index contributed by atoms with van der Waals surface area (Å²) in [5.74, 6) is 2.29. The highest BCUT2D eigenvalue weighted by Crippen LogP contribution is 2.41. The first-order chi connectivity index (χ1) is 36.1. The molecular weight excluding hydrogens is 1020 g/mol. The fourth-order valence-electron chi connectivity index (χ4n) is 8.84. The molecule has 3 amide bonds. The average Bonchev–Trinajstić information content (AvgIpc) is 3.35. The number of nitrogens with zero attached hydrogens (tertiary/aromatic N) is 4. The summed E-state index contributed by atoms with van der Waals surface area (Å²) in [6.45, 7) is 6.50. The van der Waals surface area contributed by atoms with Gasteiger partial charge in [0.05, 0.1) is 63.4 Å². The topological polar surface area (TPSA) is 236 Å². The number of carbonyl (C=O) groups is 4. The van der Waals surface area contributed by atoms with Crippen LogP contribution in [0.25, 0.3) is 5.70 Å². The Balaban J connectivity index is 0.000000742. The number of benzene rings is 2. The van der Waals surface area contributed by atoms with Crippen LogP contribution < -0.4 is 32.3 Å². The number of aliphatic imine (C=N–C) groups is 1. The molecular formula is C53H66F7N9O8. The fraction of sp³-hybridized carbons (Fsp3) is 0.509. The second kappa shape index (κ2) is 26.5. The van der Waals surface area contributed by atoms with E-state index in [1.165, 1.54) is 13.5 Å². The number of aliphatic hydroxyl groups is 1. The summed E-state index contributed by atoms with van der Waals surface area (Å²) < 4.78 is 112. The van der Waals surface area contributed by atoms with Crippen molar-refractivity contribution in [2.75, 3.05) is 52.0 Å². The van der Waals surface area contributed by atoms with E-state index in [1.807, 2.05) is 38.2 Å². The van der Waals surface area contributed by atoms with Crippen molar-refractivity contribution in [3.8, 4) is 11.8 Å². The maximum Gasteiger partial charge on any atom is 0.407 e. The van der Waals surface area contributed by atoms with E-state index in [9.17, 15) is 46.2 Å². The van der Waals surface area contributed by atoms with Gasteiger partial charge in [-0.25, -0.2) is 23.6 Å². The van der Waals surface area contributed by atoms with Crippen molar-refractivity contribution in [3.63, 3.8) is 0 Å². The summed E-state index contributed by atoms with van der Waals surface area (Å²) in [4.78, 5) is 60.0. The predicted octanol–water partition coefficient (Wildman–Crippen LogP) is 5.20. The number of halogens is 7. The van der Waals surface area contributed by atoms with Crippen molar-refractivity contribution in [3.05, 3.63) is 100 Å². The number of hydrogen-bond acceptors (Lipinski definition) is 14. The number of hydrogen-bond donors (Lipinski definition) is 6. The molecule has 8 N–H and O–H groups in total. The number of primary amides is 1. The standard InChI is InChI=1S/C44H49F7N8O5.C9H17NO3/c1-43(2,44(49,50)51)39(57-42(62)63-3)40(61)56-36(37(60)20-53-19-32-33(45)15-28(16-34(32)46)35(52)12-13-54-41(47)48)14-26-7-4-25(5-8-26)6-9-27-10-11-38(55-18-27)58-21-29-17-30(22-58)59(29)31-23-64-24-31;1-9(2,3)6(8(10)12)5-7(11)13-4/h4-5,7-8,10-13,15-16,18,29-31,36-37,39,41,53,60H,14,17,19-24,52H2,1-3H3,(H,56,61)(H,57,62);6H,5H2,1-4H3,(H2,10,12)/t29?,30?,36-,37-,39+;6-/m01/s1. The summed E-state index contributed by atoms with van der Waals surface area (Å²) in [6, 6.07) is 10.3. The van der Waals surface area contributed by atoms with Crippen LogP contribution in [-0.4, -0.2) is 141 Å². The highest BCUT2D eigenvalue weighted by Gasteiger charge is 2.56. The van der Waals surface area contributed by atoms with Gasteiger partial charge in [0, 0.05) is 78.6 Å². The molecule has 4 fully saturated rings. The number of alkyl carbamates (subject to hydrolysis) is 1. The zero-order valence-corrected chi connectivity index (χ0v) is 43.7. The number of esters is 1. The first-order valence-electron chi connectivity index (χ1n) is 24.5. The molecule has 2 unspecified atom stereocenters. The van der Waals surface area contributed by atoms with Crippen LogP contribution in [0.5, 0.6) is 0 Å². The van der Waals surface area contributed by atoms with E-state index in [-0.39, 0.29) is 29.5 Å². The number of piperazine rings is 1. The maximum absolute atomic E-state index is 15.0. The van der Waals surface area contributed by atoms with Crippen molar-refractivity contribution >= 4 is 41.6 Å². The normalized spacial score (nSPS) is 18.5. The monoisotopic (exact) mass is 1090 g/mol. The molecule has 17 nitrogen and oxygen atoms in total. The Hall–Kier alpha value is -6.81. The lowest BCUT2D eigenvalue weighted by Gasteiger charge is -2.60. The lowest BCUT2D eigenvalue weighted by molar-refractivity contribution is -0.220. The van der Waals surface area contributed by atoms with Gasteiger partial charge < -0.3 is 51.6 Å². The molecule has 0 aliphatic carbocycles. The third-order valence-corrected chi connectivity index (χ3v) is 13.6. The van der Waals surface area contributed by atoms with E-state index in [4.69, 9.17) is 16.2 Å². The van der Waals surface area contributed by atoms with Gasteiger partial charge in [-0.3, -0.25) is 19.3 Å². The van der Waals surface area contributed by atoms with Crippen LogP contribution in [0.1, 0.15) is 75.3 Å². The molecule has 1 aromatic heterocycles. The molecule has 0 radical (unpaired) electrons. The number of nitrogens with one attached hydrogen (secondary N) is 3. The van der Waals surface area contributed by atoms with Gasteiger partial charge in [0.2, 0.25) is 11.8 Å². The van der Waals surface area contributed by atoms with Crippen LogP contribution in [0, 0.1) is 40.2 Å². The number of amides is 3. The molecule has 7 rings (SSSR count). The van der Waals surface area contributed by atoms with E-state index >= 15 is 8.78 Å². The second-order valence-electron chi connectivity index (χ2n) is 20.5. The minimum absolute atomic E-state index is 0.0509. The van der Waals surface area contributed by atoms with Gasteiger partial charge in [0.25, 0.3) is 0 Å². The third-order valence-electron chi connectivity index (χ3n) is 13.6. The SMILES string of the molecule is COC(=O)C[C@H](C(N)=O)C(C)(C)C.COC(=O)N[C@H](C(=O)N[C@@H](Cc1ccc(C#Cc2ccc(N3CC4CC(C3)N4C3COC3)nc2)cc1)[C@@H](O)CNCc1c(F)cc(C(N)=CC=NC(F)F)cc1F)C(C)(C)C(F)(F)F. The number of ether oxygens (including phenoxy) is 3. The van der Waals surface area contributed by atoms with Gasteiger partial charge in [-0.1, -0.05) is 44.7 Å². The highest BCUT2D eigenvalue weighted by atomic mass is 19.4. The van der Waals surface area contributed by atoms with Crippen molar-refractivity contribution in [1.29, 1.82) is 0 Å². The fourth-order valence-corrected chi connectivity index (χ4v) is 8.84. The van der Waals surface area contributed by atoms with E-state index in [1.54, 1.807) is 30.5 Å².